The van der Waals surface area contributed by atoms with Gasteiger partial charge in [-0.25, -0.2) is 9.78 Å². The molecule has 0 saturated heterocycles. The Hall–Kier alpha value is -2.57. The number of fused-ring (bicyclic) bond motifs is 1. The van der Waals surface area contributed by atoms with Crippen molar-refractivity contribution in [2.24, 2.45) is 11.7 Å². The fourth-order valence-electron chi connectivity index (χ4n) is 2.52. The van der Waals surface area contributed by atoms with Crippen molar-refractivity contribution >= 4 is 23.0 Å². The standard InChI is InChI=1S/C17H25N5O2/c1-10(2)8-14(16(18)23)22-17(24)19-7-6-15-20-12-5-4-11(3)9-13(12)21-15/h4-5,9-10,14H,6-8H2,1-3H3,(H2,18,23)(H,20,21)(H2,19,22,24). The number of benzene rings is 1. The number of primary amides is 1. The van der Waals surface area contributed by atoms with Gasteiger partial charge in [0.1, 0.15) is 11.9 Å². The van der Waals surface area contributed by atoms with E-state index >= 15 is 0 Å². The van der Waals surface area contributed by atoms with Crippen molar-refractivity contribution in [2.45, 2.75) is 39.7 Å². The van der Waals surface area contributed by atoms with Crippen LogP contribution in [0, 0.1) is 12.8 Å². The third-order valence-electron chi connectivity index (χ3n) is 3.69. The Morgan fingerprint density at radius 2 is 2.08 bits per heavy atom. The van der Waals surface area contributed by atoms with Gasteiger partial charge in [0.25, 0.3) is 0 Å². The zero-order chi connectivity index (χ0) is 17.7. The van der Waals surface area contributed by atoms with Gasteiger partial charge in [0.05, 0.1) is 11.0 Å². The summed E-state index contributed by atoms with van der Waals surface area (Å²) >= 11 is 0. The van der Waals surface area contributed by atoms with Gasteiger partial charge in [-0.1, -0.05) is 19.9 Å². The molecule has 0 fully saturated rings. The van der Waals surface area contributed by atoms with Gasteiger partial charge < -0.3 is 21.4 Å². The molecule has 24 heavy (non-hydrogen) atoms. The van der Waals surface area contributed by atoms with Gasteiger partial charge in [0.15, 0.2) is 0 Å². The quantitative estimate of drug-likeness (QED) is 0.618. The SMILES string of the molecule is Cc1ccc2nc(CCNC(=O)NC(CC(C)C)C(N)=O)[nH]c2c1. The Balaban J connectivity index is 1.83. The van der Waals surface area contributed by atoms with E-state index < -0.39 is 18.0 Å². The van der Waals surface area contributed by atoms with Crippen LogP contribution in [0.1, 0.15) is 31.7 Å². The van der Waals surface area contributed by atoms with Gasteiger partial charge in [-0.2, -0.15) is 0 Å². The Labute approximate surface area is 141 Å². The predicted molar refractivity (Wildman–Crippen MR) is 93.5 cm³/mol. The number of nitrogens with zero attached hydrogens (tertiary/aromatic N) is 1. The van der Waals surface area contributed by atoms with Gasteiger partial charge in [-0.05, 0) is 37.0 Å². The summed E-state index contributed by atoms with van der Waals surface area (Å²) in [6, 6.07) is 4.96. The molecule has 1 heterocycles. The van der Waals surface area contributed by atoms with Crippen LogP contribution in [-0.2, 0) is 11.2 Å². The van der Waals surface area contributed by atoms with Crippen molar-refractivity contribution in [3.8, 4) is 0 Å². The molecule has 7 heteroatoms. The molecule has 2 aromatic rings. The number of nitrogens with two attached hydrogens (primary N) is 1. The molecule has 5 N–H and O–H groups in total. The molecular formula is C17H25N5O2. The average Bonchev–Trinajstić information content (AvgIpc) is 2.87. The van der Waals surface area contributed by atoms with Crippen LogP contribution in [0.3, 0.4) is 0 Å². The summed E-state index contributed by atoms with van der Waals surface area (Å²) in [5, 5.41) is 5.34. The van der Waals surface area contributed by atoms with E-state index in [2.05, 4.69) is 20.6 Å². The van der Waals surface area contributed by atoms with Crippen LogP contribution in [0.4, 0.5) is 4.79 Å². The Bertz CT molecular complexity index is 723. The van der Waals surface area contributed by atoms with Crippen molar-refractivity contribution in [1.29, 1.82) is 0 Å². The molecule has 0 aliphatic rings. The summed E-state index contributed by atoms with van der Waals surface area (Å²) < 4.78 is 0. The fraction of sp³-hybridized carbons (Fsp3) is 0.471. The van der Waals surface area contributed by atoms with Crippen molar-refractivity contribution < 1.29 is 9.59 Å². The second-order valence-electron chi connectivity index (χ2n) is 6.44. The molecule has 0 bridgehead atoms. The number of aromatic amines is 1. The lowest BCUT2D eigenvalue weighted by Gasteiger charge is -2.17. The summed E-state index contributed by atoms with van der Waals surface area (Å²) in [5.41, 5.74) is 8.37. The molecule has 130 valence electrons. The van der Waals surface area contributed by atoms with Crippen LogP contribution in [0.25, 0.3) is 11.0 Å². The average molecular weight is 331 g/mol. The molecular weight excluding hydrogens is 306 g/mol. The first-order valence-corrected chi connectivity index (χ1v) is 8.14. The van der Waals surface area contributed by atoms with E-state index in [4.69, 9.17) is 5.73 Å². The first-order chi connectivity index (χ1) is 11.3. The topological polar surface area (TPSA) is 113 Å². The van der Waals surface area contributed by atoms with E-state index in [0.29, 0.717) is 19.4 Å². The minimum absolute atomic E-state index is 0.266. The second kappa shape index (κ2) is 7.81. The number of rotatable bonds is 7. The molecule has 1 aromatic heterocycles. The van der Waals surface area contributed by atoms with Crippen LogP contribution in [0.2, 0.25) is 0 Å². The molecule has 0 saturated carbocycles. The monoisotopic (exact) mass is 331 g/mol. The molecule has 3 amide bonds. The highest BCUT2D eigenvalue weighted by molar-refractivity contribution is 5.85. The fourth-order valence-corrected chi connectivity index (χ4v) is 2.52. The number of H-pyrrole nitrogens is 1. The minimum atomic E-state index is -0.654. The first-order valence-electron chi connectivity index (χ1n) is 8.14. The summed E-state index contributed by atoms with van der Waals surface area (Å²) in [5.74, 6) is 0.554. The number of carbonyl (C=O) groups excluding carboxylic acids is 2. The Kier molecular flexibility index (Phi) is 5.78. The highest BCUT2D eigenvalue weighted by Crippen LogP contribution is 2.13. The summed E-state index contributed by atoms with van der Waals surface area (Å²) in [6.45, 7) is 6.38. The van der Waals surface area contributed by atoms with E-state index in [9.17, 15) is 9.59 Å². The van der Waals surface area contributed by atoms with Gasteiger partial charge >= 0.3 is 6.03 Å². The van der Waals surface area contributed by atoms with E-state index in [0.717, 1.165) is 22.4 Å². The molecule has 7 nitrogen and oxygen atoms in total. The molecule has 0 aliphatic carbocycles. The van der Waals surface area contributed by atoms with E-state index in [-0.39, 0.29) is 5.92 Å². The van der Waals surface area contributed by atoms with Gasteiger partial charge in [-0.3, -0.25) is 4.79 Å². The molecule has 2 rings (SSSR count). The lowest BCUT2D eigenvalue weighted by atomic mass is 10.0. The largest absolute Gasteiger partial charge is 0.368 e. The number of amides is 3. The number of hydrogen-bond donors (Lipinski definition) is 4. The number of imidazole rings is 1. The van der Waals surface area contributed by atoms with E-state index in [1.165, 1.54) is 0 Å². The van der Waals surface area contributed by atoms with Crippen molar-refractivity contribution in [3.63, 3.8) is 0 Å². The number of aryl methyl sites for hydroxylation is 1. The summed E-state index contributed by atoms with van der Waals surface area (Å²) in [4.78, 5) is 31.0. The molecule has 0 aliphatic heterocycles. The highest BCUT2D eigenvalue weighted by atomic mass is 16.2. The predicted octanol–water partition coefficient (Wildman–Crippen LogP) is 1.61. The maximum atomic E-state index is 11.9. The van der Waals surface area contributed by atoms with Crippen molar-refractivity contribution in [1.82, 2.24) is 20.6 Å². The smallest absolute Gasteiger partial charge is 0.315 e. The van der Waals surface area contributed by atoms with Crippen molar-refractivity contribution in [3.05, 3.63) is 29.6 Å². The minimum Gasteiger partial charge on any atom is -0.368 e. The zero-order valence-corrected chi connectivity index (χ0v) is 14.3. The first kappa shape index (κ1) is 17.8. The lowest BCUT2D eigenvalue weighted by molar-refractivity contribution is -0.120. The maximum Gasteiger partial charge on any atom is 0.315 e. The third-order valence-corrected chi connectivity index (χ3v) is 3.69. The van der Waals surface area contributed by atoms with E-state index in [1.54, 1.807) is 0 Å². The number of urea groups is 1. The number of carbonyl (C=O) groups is 2. The van der Waals surface area contributed by atoms with Crippen molar-refractivity contribution in [2.75, 3.05) is 6.54 Å². The molecule has 0 radical (unpaired) electrons. The summed E-state index contributed by atoms with van der Waals surface area (Å²) in [7, 11) is 0. The van der Waals surface area contributed by atoms with Crippen LogP contribution in [0.5, 0.6) is 0 Å². The van der Waals surface area contributed by atoms with Gasteiger partial charge in [-0.15, -0.1) is 0 Å². The van der Waals surface area contributed by atoms with Crippen LogP contribution < -0.4 is 16.4 Å². The number of nitrogens with one attached hydrogen (secondary N) is 3. The molecule has 0 spiro atoms. The second-order valence-corrected chi connectivity index (χ2v) is 6.44. The van der Waals surface area contributed by atoms with Gasteiger partial charge in [0.2, 0.25) is 5.91 Å². The van der Waals surface area contributed by atoms with E-state index in [1.807, 2.05) is 39.0 Å². The molecule has 1 unspecified atom stereocenters. The third kappa shape index (κ3) is 4.97. The van der Waals surface area contributed by atoms with Gasteiger partial charge in [0, 0.05) is 13.0 Å². The Morgan fingerprint density at radius 3 is 2.75 bits per heavy atom. The maximum absolute atomic E-state index is 11.9. The molecule has 1 aromatic carbocycles. The Morgan fingerprint density at radius 1 is 1.33 bits per heavy atom. The normalized spacial score (nSPS) is 12.3. The zero-order valence-electron chi connectivity index (χ0n) is 14.3. The van der Waals surface area contributed by atoms with Crippen LogP contribution in [-0.4, -0.2) is 34.5 Å². The molecule has 1 atom stereocenters. The van der Waals surface area contributed by atoms with Crippen LogP contribution in [0.15, 0.2) is 18.2 Å². The lowest BCUT2D eigenvalue weighted by Crippen LogP contribution is -2.49. The number of aromatic nitrogens is 2. The summed E-state index contributed by atoms with van der Waals surface area (Å²) in [6.07, 6.45) is 1.10. The van der Waals surface area contributed by atoms with Crippen LogP contribution >= 0.6 is 0 Å². The number of hydrogen-bond acceptors (Lipinski definition) is 3. The highest BCUT2D eigenvalue weighted by Gasteiger charge is 2.19.